The first kappa shape index (κ1) is 9.76. The van der Waals surface area contributed by atoms with E-state index in [0.717, 1.165) is 11.8 Å². The van der Waals surface area contributed by atoms with Gasteiger partial charge in [-0.25, -0.2) is 0 Å². The van der Waals surface area contributed by atoms with E-state index >= 15 is 0 Å². The Morgan fingerprint density at radius 3 is 2.57 bits per heavy atom. The van der Waals surface area contributed by atoms with Crippen LogP contribution in [-0.4, -0.2) is 0 Å². The highest BCUT2D eigenvalue weighted by molar-refractivity contribution is 5.14. The van der Waals surface area contributed by atoms with Crippen LogP contribution in [0.1, 0.15) is 38.2 Å². The molecule has 0 heteroatoms. The fraction of sp³-hybridized carbons (Fsp3) is 0.571. The molecular weight excluding hydrogens is 168 g/mol. The molecule has 0 nitrogen and oxygen atoms in total. The maximum Gasteiger partial charge on any atom is -0.0253 e. The molecule has 0 aromatic heterocycles. The molecule has 1 fully saturated rings. The summed E-state index contributed by atoms with van der Waals surface area (Å²) >= 11 is 0. The topological polar surface area (TPSA) is 0 Å². The van der Waals surface area contributed by atoms with Gasteiger partial charge in [0, 0.05) is 0 Å². The van der Waals surface area contributed by atoms with Crippen LogP contribution in [0.2, 0.25) is 0 Å². The standard InChI is InChI=1S/C14H20/c1-12(7-8-13-9-10-13)11-14-5-3-2-4-6-14/h2-6,12-13H,7-11H2,1H3. The van der Waals surface area contributed by atoms with Gasteiger partial charge in [-0.3, -0.25) is 0 Å². The third kappa shape index (κ3) is 3.17. The van der Waals surface area contributed by atoms with Crippen LogP contribution in [-0.2, 0) is 6.42 Å². The van der Waals surface area contributed by atoms with Gasteiger partial charge >= 0.3 is 0 Å². The zero-order chi connectivity index (χ0) is 9.80. The molecule has 0 spiro atoms. The van der Waals surface area contributed by atoms with Crippen LogP contribution in [0, 0.1) is 11.8 Å². The van der Waals surface area contributed by atoms with Crippen molar-refractivity contribution in [3.63, 3.8) is 0 Å². The fourth-order valence-corrected chi connectivity index (χ4v) is 2.05. The van der Waals surface area contributed by atoms with Gasteiger partial charge in [-0.1, -0.05) is 62.9 Å². The van der Waals surface area contributed by atoms with Gasteiger partial charge in [-0.05, 0) is 23.8 Å². The summed E-state index contributed by atoms with van der Waals surface area (Å²) in [6.07, 6.45) is 7.14. The maximum atomic E-state index is 2.38. The molecule has 0 aliphatic heterocycles. The van der Waals surface area contributed by atoms with Crippen LogP contribution < -0.4 is 0 Å². The Kier molecular flexibility index (Phi) is 3.23. The van der Waals surface area contributed by atoms with Gasteiger partial charge in [0.05, 0.1) is 0 Å². The number of rotatable bonds is 5. The molecule has 0 radical (unpaired) electrons. The molecule has 1 aromatic rings. The summed E-state index contributed by atoms with van der Waals surface area (Å²) in [7, 11) is 0. The third-order valence-corrected chi connectivity index (χ3v) is 3.19. The van der Waals surface area contributed by atoms with E-state index in [1.807, 2.05) is 0 Å². The lowest BCUT2D eigenvalue weighted by Crippen LogP contribution is -1.99. The largest absolute Gasteiger partial charge is 0.0622 e. The molecule has 14 heavy (non-hydrogen) atoms. The van der Waals surface area contributed by atoms with Crippen LogP contribution in [0.4, 0.5) is 0 Å². The van der Waals surface area contributed by atoms with Crippen molar-refractivity contribution in [3.05, 3.63) is 35.9 Å². The zero-order valence-corrected chi connectivity index (χ0v) is 9.08. The molecule has 1 saturated carbocycles. The Labute approximate surface area is 87.3 Å². The van der Waals surface area contributed by atoms with E-state index in [9.17, 15) is 0 Å². The van der Waals surface area contributed by atoms with Gasteiger partial charge in [-0.2, -0.15) is 0 Å². The highest BCUT2D eigenvalue weighted by Crippen LogP contribution is 2.34. The van der Waals surface area contributed by atoms with Gasteiger partial charge in [-0.15, -0.1) is 0 Å². The summed E-state index contributed by atoms with van der Waals surface area (Å²) in [4.78, 5) is 0. The summed E-state index contributed by atoms with van der Waals surface area (Å²) in [5.74, 6) is 1.95. The van der Waals surface area contributed by atoms with Crippen LogP contribution in [0.25, 0.3) is 0 Å². The maximum absolute atomic E-state index is 2.38. The summed E-state index contributed by atoms with van der Waals surface area (Å²) in [6, 6.07) is 10.9. The Balaban J connectivity index is 1.73. The lowest BCUT2D eigenvalue weighted by Gasteiger charge is -2.10. The molecule has 0 amide bonds. The van der Waals surface area contributed by atoms with Crippen molar-refractivity contribution in [2.45, 2.75) is 39.0 Å². The van der Waals surface area contributed by atoms with Gasteiger partial charge < -0.3 is 0 Å². The minimum absolute atomic E-state index is 0.859. The molecule has 1 aliphatic rings. The van der Waals surface area contributed by atoms with Crippen molar-refractivity contribution in [2.75, 3.05) is 0 Å². The molecule has 1 aromatic carbocycles. The monoisotopic (exact) mass is 188 g/mol. The summed E-state index contributed by atoms with van der Waals surface area (Å²) < 4.78 is 0. The Hall–Kier alpha value is -0.780. The summed E-state index contributed by atoms with van der Waals surface area (Å²) in [6.45, 7) is 2.38. The Morgan fingerprint density at radius 1 is 1.21 bits per heavy atom. The fourth-order valence-electron chi connectivity index (χ4n) is 2.05. The minimum atomic E-state index is 0.859. The molecule has 0 N–H and O–H groups in total. The van der Waals surface area contributed by atoms with Crippen LogP contribution in [0.15, 0.2) is 30.3 Å². The number of hydrogen-bond donors (Lipinski definition) is 0. The van der Waals surface area contributed by atoms with Crippen molar-refractivity contribution >= 4 is 0 Å². The molecule has 1 unspecified atom stereocenters. The van der Waals surface area contributed by atoms with Gasteiger partial charge in [0.25, 0.3) is 0 Å². The van der Waals surface area contributed by atoms with Crippen molar-refractivity contribution in [1.29, 1.82) is 0 Å². The van der Waals surface area contributed by atoms with E-state index < -0.39 is 0 Å². The normalized spacial score (nSPS) is 18.1. The smallest absolute Gasteiger partial charge is 0.0253 e. The second-order valence-corrected chi connectivity index (χ2v) is 4.82. The lowest BCUT2D eigenvalue weighted by atomic mass is 9.95. The first-order valence-corrected chi connectivity index (χ1v) is 5.88. The van der Waals surface area contributed by atoms with Crippen molar-refractivity contribution in [1.82, 2.24) is 0 Å². The minimum Gasteiger partial charge on any atom is -0.0622 e. The average molecular weight is 188 g/mol. The second-order valence-electron chi connectivity index (χ2n) is 4.82. The van der Waals surface area contributed by atoms with Crippen molar-refractivity contribution < 1.29 is 0 Å². The average Bonchev–Trinajstić information content (AvgIpc) is 3.00. The van der Waals surface area contributed by atoms with E-state index in [1.54, 1.807) is 0 Å². The molecule has 0 heterocycles. The SMILES string of the molecule is CC(CCC1CC1)Cc1ccccc1. The van der Waals surface area contributed by atoms with E-state index in [-0.39, 0.29) is 0 Å². The van der Waals surface area contributed by atoms with Crippen LogP contribution in [0.5, 0.6) is 0 Å². The van der Waals surface area contributed by atoms with E-state index in [2.05, 4.69) is 37.3 Å². The first-order chi connectivity index (χ1) is 6.84. The van der Waals surface area contributed by atoms with Gasteiger partial charge in [0.2, 0.25) is 0 Å². The molecule has 2 rings (SSSR count). The molecular formula is C14H20. The Bertz CT molecular complexity index is 259. The Morgan fingerprint density at radius 2 is 1.93 bits per heavy atom. The quantitative estimate of drug-likeness (QED) is 0.653. The van der Waals surface area contributed by atoms with Crippen molar-refractivity contribution in [3.8, 4) is 0 Å². The van der Waals surface area contributed by atoms with E-state index in [4.69, 9.17) is 0 Å². The predicted octanol–water partition coefficient (Wildman–Crippen LogP) is 4.06. The van der Waals surface area contributed by atoms with E-state index in [1.165, 1.54) is 37.7 Å². The summed E-state index contributed by atoms with van der Waals surface area (Å²) in [5.41, 5.74) is 1.50. The highest BCUT2D eigenvalue weighted by Gasteiger charge is 2.21. The predicted molar refractivity (Wildman–Crippen MR) is 61.3 cm³/mol. The second kappa shape index (κ2) is 4.63. The lowest BCUT2D eigenvalue weighted by molar-refractivity contribution is 0.487. The van der Waals surface area contributed by atoms with Crippen LogP contribution in [0.3, 0.4) is 0 Å². The third-order valence-electron chi connectivity index (χ3n) is 3.19. The van der Waals surface area contributed by atoms with Crippen molar-refractivity contribution in [2.24, 2.45) is 11.8 Å². The first-order valence-electron chi connectivity index (χ1n) is 5.88. The summed E-state index contributed by atoms with van der Waals surface area (Å²) in [5, 5.41) is 0. The highest BCUT2D eigenvalue weighted by atomic mass is 14.3. The molecule has 76 valence electrons. The zero-order valence-electron chi connectivity index (χ0n) is 9.08. The molecule has 0 saturated heterocycles. The van der Waals surface area contributed by atoms with Gasteiger partial charge in [0.1, 0.15) is 0 Å². The number of hydrogen-bond acceptors (Lipinski definition) is 0. The number of benzene rings is 1. The molecule has 1 aliphatic carbocycles. The van der Waals surface area contributed by atoms with E-state index in [0.29, 0.717) is 0 Å². The molecule has 1 atom stereocenters. The molecule has 0 bridgehead atoms. The van der Waals surface area contributed by atoms with Crippen LogP contribution >= 0.6 is 0 Å². The van der Waals surface area contributed by atoms with Gasteiger partial charge in [0.15, 0.2) is 0 Å².